The van der Waals surface area contributed by atoms with Crippen LogP contribution in [0.3, 0.4) is 0 Å². The van der Waals surface area contributed by atoms with Crippen molar-refractivity contribution in [3.05, 3.63) is 115 Å². The van der Waals surface area contributed by atoms with Gasteiger partial charge in [0.1, 0.15) is 17.3 Å². The van der Waals surface area contributed by atoms with E-state index in [2.05, 4.69) is 15.5 Å². The minimum atomic E-state index is -0.238. The minimum Gasteiger partial charge on any atom is -0.467 e. The molecule has 0 bridgehead atoms. The second-order valence-corrected chi connectivity index (χ2v) is 8.63. The summed E-state index contributed by atoms with van der Waals surface area (Å²) in [7, 11) is 0. The molecule has 8 heteroatoms. The zero-order chi connectivity index (χ0) is 25.9. The minimum absolute atomic E-state index is 0.238. The highest BCUT2D eigenvalue weighted by molar-refractivity contribution is 6.09. The van der Waals surface area contributed by atoms with Crippen LogP contribution < -0.4 is 15.8 Å². The summed E-state index contributed by atoms with van der Waals surface area (Å²) in [5.74, 6) is 2.26. The van der Waals surface area contributed by atoms with Crippen LogP contribution in [0, 0.1) is 0 Å². The molecule has 0 aliphatic rings. The van der Waals surface area contributed by atoms with Crippen LogP contribution in [0.5, 0.6) is 11.5 Å². The summed E-state index contributed by atoms with van der Waals surface area (Å²) in [6.45, 7) is 0.281. The predicted molar refractivity (Wildman–Crippen MR) is 146 cm³/mol. The lowest BCUT2D eigenvalue weighted by molar-refractivity contribution is 0.0948. The molecule has 186 valence electrons. The summed E-state index contributed by atoms with van der Waals surface area (Å²) in [6.07, 6.45) is 3.33. The summed E-state index contributed by atoms with van der Waals surface area (Å²) < 4.78 is 11.2. The number of carbonyl (C=O) groups is 1. The number of para-hydroxylation sites is 1. The Labute approximate surface area is 218 Å². The second-order valence-electron chi connectivity index (χ2n) is 8.63. The van der Waals surface area contributed by atoms with Gasteiger partial charge < -0.3 is 20.2 Å². The number of ether oxygens (including phenoxy) is 1. The number of hydrogen-bond donors (Lipinski definition) is 3. The standard InChI is InChI=1S/C30H23N5O3/c31-29-26-25(19-12-14-21(15-13-19)38-20-7-2-1-3-8-20)18-32-27(28(26)34-35-29)23-10-4-5-11-24(23)30(36)33-17-22-9-6-16-37-22/h1-16,18H,17H2,(H,33,36)(H3,31,34,35). The van der Waals surface area contributed by atoms with Crippen LogP contribution in [0.2, 0.25) is 0 Å². The summed E-state index contributed by atoms with van der Waals surface area (Å²) >= 11 is 0. The lowest BCUT2D eigenvalue weighted by Gasteiger charge is -2.12. The van der Waals surface area contributed by atoms with E-state index in [1.54, 1.807) is 24.6 Å². The number of nitrogens with one attached hydrogen (secondary N) is 2. The molecule has 1 amide bonds. The first kappa shape index (κ1) is 23.1. The molecule has 6 aromatic rings. The Bertz CT molecular complexity index is 1710. The molecule has 0 saturated heterocycles. The van der Waals surface area contributed by atoms with Crippen molar-refractivity contribution >= 4 is 22.6 Å². The van der Waals surface area contributed by atoms with Crippen molar-refractivity contribution < 1.29 is 13.9 Å². The lowest BCUT2D eigenvalue weighted by atomic mass is 9.98. The number of carbonyl (C=O) groups excluding carboxylic acids is 1. The van der Waals surface area contributed by atoms with Crippen LogP contribution in [-0.2, 0) is 6.54 Å². The van der Waals surface area contributed by atoms with Gasteiger partial charge in [0, 0.05) is 22.9 Å². The first-order valence-electron chi connectivity index (χ1n) is 12.0. The molecule has 8 nitrogen and oxygen atoms in total. The molecule has 0 aliphatic carbocycles. The highest BCUT2D eigenvalue weighted by Crippen LogP contribution is 2.37. The number of furan rings is 1. The van der Waals surface area contributed by atoms with Gasteiger partial charge in [-0.05, 0) is 48.0 Å². The number of anilines is 1. The third-order valence-electron chi connectivity index (χ3n) is 6.20. The number of fused-ring (bicyclic) bond motifs is 1. The fraction of sp³-hybridized carbons (Fsp3) is 0.0333. The van der Waals surface area contributed by atoms with E-state index in [0.29, 0.717) is 33.9 Å². The molecule has 3 aromatic carbocycles. The molecule has 3 aromatic heterocycles. The Morgan fingerprint density at radius 3 is 2.45 bits per heavy atom. The molecule has 0 radical (unpaired) electrons. The van der Waals surface area contributed by atoms with E-state index in [0.717, 1.165) is 28.0 Å². The van der Waals surface area contributed by atoms with Crippen molar-refractivity contribution in [2.45, 2.75) is 6.54 Å². The van der Waals surface area contributed by atoms with E-state index < -0.39 is 0 Å². The maximum absolute atomic E-state index is 13.1. The maximum Gasteiger partial charge on any atom is 0.252 e. The van der Waals surface area contributed by atoms with Crippen molar-refractivity contribution in [2.24, 2.45) is 0 Å². The Balaban J connectivity index is 1.34. The third kappa shape index (κ3) is 4.46. The number of nitrogens with zero attached hydrogens (tertiary/aromatic N) is 2. The van der Waals surface area contributed by atoms with Gasteiger partial charge in [-0.25, -0.2) is 0 Å². The highest BCUT2D eigenvalue weighted by Gasteiger charge is 2.20. The second kappa shape index (κ2) is 9.94. The molecular formula is C30H23N5O3. The fourth-order valence-corrected chi connectivity index (χ4v) is 4.37. The summed E-state index contributed by atoms with van der Waals surface area (Å²) in [4.78, 5) is 17.8. The fourth-order valence-electron chi connectivity index (χ4n) is 4.37. The molecule has 0 atom stereocenters. The largest absolute Gasteiger partial charge is 0.467 e. The van der Waals surface area contributed by atoms with E-state index in [1.807, 2.05) is 78.9 Å². The molecule has 0 spiro atoms. The summed E-state index contributed by atoms with van der Waals surface area (Å²) in [5.41, 5.74) is 10.4. The van der Waals surface area contributed by atoms with Crippen LogP contribution in [-0.4, -0.2) is 21.1 Å². The van der Waals surface area contributed by atoms with Crippen LogP contribution in [0.25, 0.3) is 33.3 Å². The van der Waals surface area contributed by atoms with Crippen LogP contribution in [0.4, 0.5) is 5.82 Å². The van der Waals surface area contributed by atoms with Gasteiger partial charge in [0.15, 0.2) is 5.82 Å². The number of nitrogen functional groups attached to an aromatic ring is 1. The van der Waals surface area contributed by atoms with Crippen molar-refractivity contribution in [3.63, 3.8) is 0 Å². The number of rotatable bonds is 7. The van der Waals surface area contributed by atoms with Gasteiger partial charge in [-0.1, -0.05) is 48.5 Å². The maximum atomic E-state index is 13.1. The van der Waals surface area contributed by atoms with Crippen LogP contribution in [0.15, 0.2) is 108 Å². The first-order valence-corrected chi connectivity index (χ1v) is 12.0. The van der Waals surface area contributed by atoms with Gasteiger partial charge in [0.05, 0.1) is 29.4 Å². The van der Waals surface area contributed by atoms with Gasteiger partial charge in [0.25, 0.3) is 5.91 Å². The number of hydrogen-bond acceptors (Lipinski definition) is 6. The molecule has 0 aliphatic heterocycles. The Morgan fingerprint density at radius 1 is 0.895 bits per heavy atom. The number of aromatic nitrogens is 3. The van der Waals surface area contributed by atoms with Crippen LogP contribution >= 0.6 is 0 Å². The Kier molecular flexibility index (Phi) is 6.03. The van der Waals surface area contributed by atoms with Gasteiger partial charge in [-0.15, -0.1) is 0 Å². The van der Waals surface area contributed by atoms with Gasteiger partial charge >= 0.3 is 0 Å². The zero-order valence-electron chi connectivity index (χ0n) is 20.2. The van der Waals surface area contributed by atoms with Gasteiger partial charge in [-0.2, -0.15) is 5.10 Å². The van der Waals surface area contributed by atoms with E-state index in [1.165, 1.54) is 0 Å². The molecule has 3 heterocycles. The normalized spacial score (nSPS) is 10.9. The van der Waals surface area contributed by atoms with E-state index in [-0.39, 0.29) is 12.5 Å². The van der Waals surface area contributed by atoms with Crippen molar-refractivity contribution in [2.75, 3.05) is 5.73 Å². The quantitative estimate of drug-likeness (QED) is 0.240. The molecule has 0 unspecified atom stereocenters. The summed E-state index contributed by atoms with van der Waals surface area (Å²) in [5, 5.41) is 10.9. The van der Waals surface area contributed by atoms with E-state index >= 15 is 0 Å². The molecule has 38 heavy (non-hydrogen) atoms. The Morgan fingerprint density at radius 2 is 1.66 bits per heavy atom. The molecule has 0 saturated carbocycles. The number of H-pyrrole nitrogens is 1. The zero-order valence-corrected chi connectivity index (χ0v) is 20.2. The van der Waals surface area contributed by atoms with Crippen molar-refractivity contribution in [1.82, 2.24) is 20.5 Å². The number of benzene rings is 3. The van der Waals surface area contributed by atoms with Gasteiger partial charge in [-0.3, -0.25) is 14.9 Å². The average molecular weight is 502 g/mol. The van der Waals surface area contributed by atoms with Crippen molar-refractivity contribution in [1.29, 1.82) is 0 Å². The lowest BCUT2D eigenvalue weighted by Crippen LogP contribution is -2.23. The number of nitrogens with two attached hydrogens (primary N) is 1. The average Bonchev–Trinajstić information content (AvgIpc) is 3.63. The smallest absolute Gasteiger partial charge is 0.252 e. The SMILES string of the molecule is Nc1n[nH]c2c(-c3ccccc3C(=O)NCc3ccco3)ncc(-c3ccc(Oc4ccccc4)cc3)c12. The first-order chi connectivity index (χ1) is 18.7. The van der Waals surface area contributed by atoms with Crippen molar-refractivity contribution in [3.8, 4) is 33.9 Å². The predicted octanol–water partition coefficient (Wildman–Crippen LogP) is 6.19. The molecule has 4 N–H and O–H groups in total. The van der Waals surface area contributed by atoms with Gasteiger partial charge in [0.2, 0.25) is 0 Å². The summed E-state index contributed by atoms with van der Waals surface area (Å²) in [6, 6.07) is 28.2. The van der Waals surface area contributed by atoms with Crippen LogP contribution in [0.1, 0.15) is 16.1 Å². The number of amides is 1. The van der Waals surface area contributed by atoms with E-state index in [9.17, 15) is 4.79 Å². The molecule has 0 fully saturated rings. The Hall–Kier alpha value is -5.37. The molecule has 6 rings (SSSR count). The highest BCUT2D eigenvalue weighted by atomic mass is 16.5. The number of aromatic amines is 1. The van der Waals surface area contributed by atoms with E-state index in [4.69, 9.17) is 19.9 Å². The number of pyridine rings is 1. The molecular weight excluding hydrogens is 478 g/mol. The third-order valence-corrected chi connectivity index (χ3v) is 6.20. The monoisotopic (exact) mass is 501 g/mol. The topological polar surface area (TPSA) is 119 Å².